The molecule has 2 aromatic rings. The molecule has 2 aromatic carbocycles. The van der Waals surface area contributed by atoms with E-state index in [2.05, 4.69) is 6.07 Å². The van der Waals surface area contributed by atoms with Gasteiger partial charge in [0.1, 0.15) is 0 Å². The van der Waals surface area contributed by atoms with Crippen molar-refractivity contribution in [2.24, 2.45) is 5.92 Å². The van der Waals surface area contributed by atoms with E-state index in [-0.39, 0.29) is 18.4 Å². The highest BCUT2D eigenvalue weighted by atomic mass is 16.7. The van der Waals surface area contributed by atoms with E-state index in [1.807, 2.05) is 62.4 Å². The van der Waals surface area contributed by atoms with Crippen molar-refractivity contribution in [2.75, 3.05) is 13.2 Å². The number of benzene rings is 2. The molecule has 0 aliphatic carbocycles. The summed E-state index contributed by atoms with van der Waals surface area (Å²) in [5.74, 6) is -1.28. The monoisotopic (exact) mass is 398 g/mol. The number of ether oxygens (including phenoxy) is 3. The van der Waals surface area contributed by atoms with E-state index in [9.17, 15) is 4.79 Å². The van der Waals surface area contributed by atoms with E-state index in [1.54, 1.807) is 0 Å². The highest BCUT2D eigenvalue weighted by Gasteiger charge is 2.36. The van der Waals surface area contributed by atoms with Crippen LogP contribution in [0.1, 0.15) is 37.0 Å². The Morgan fingerprint density at radius 3 is 2.52 bits per heavy atom. The van der Waals surface area contributed by atoms with Gasteiger partial charge in [0.05, 0.1) is 25.9 Å². The van der Waals surface area contributed by atoms with Gasteiger partial charge in [0, 0.05) is 12.3 Å². The fourth-order valence-corrected chi connectivity index (χ4v) is 3.66. The fourth-order valence-electron chi connectivity index (χ4n) is 3.66. The summed E-state index contributed by atoms with van der Waals surface area (Å²) in [7, 11) is 0. The van der Waals surface area contributed by atoms with Crippen LogP contribution in [0.5, 0.6) is 0 Å². The Morgan fingerprint density at radius 2 is 1.79 bits per heavy atom. The van der Waals surface area contributed by atoms with Crippen molar-refractivity contribution < 1.29 is 24.1 Å². The lowest BCUT2D eigenvalue weighted by molar-refractivity contribution is -0.300. The van der Waals surface area contributed by atoms with Gasteiger partial charge in [0.25, 0.3) is 0 Å². The third kappa shape index (κ3) is 6.67. The predicted octanol–water partition coefficient (Wildman–Crippen LogP) is 4.23. The van der Waals surface area contributed by atoms with E-state index >= 15 is 0 Å². The highest BCUT2D eigenvalue weighted by Crippen LogP contribution is 2.30. The van der Waals surface area contributed by atoms with E-state index < -0.39 is 11.8 Å². The van der Waals surface area contributed by atoms with Crippen molar-refractivity contribution >= 4 is 5.97 Å². The lowest BCUT2D eigenvalue weighted by atomic mass is 9.90. The van der Waals surface area contributed by atoms with Crippen molar-refractivity contribution in [2.45, 2.75) is 51.6 Å². The molecule has 3 rings (SSSR count). The summed E-state index contributed by atoms with van der Waals surface area (Å²) in [6, 6.07) is 18.1. The molecule has 1 heterocycles. The van der Waals surface area contributed by atoms with Crippen LogP contribution in [-0.4, -0.2) is 36.2 Å². The van der Waals surface area contributed by atoms with Gasteiger partial charge in [-0.1, -0.05) is 54.6 Å². The second-order valence-corrected chi connectivity index (χ2v) is 7.99. The molecule has 5 heteroatoms. The van der Waals surface area contributed by atoms with Crippen molar-refractivity contribution in [3.05, 3.63) is 71.3 Å². The first-order valence-corrected chi connectivity index (χ1v) is 10.1. The van der Waals surface area contributed by atoms with Gasteiger partial charge in [-0.15, -0.1) is 0 Å². The SMILES string of the molecule is CC1(C)OCC(Cc2ccccc2CCC(=O)O)C(COCc2ccccc2)O1. The van der Waals surface area contributed by atoms with Gasteiger partial charge in [-0.05, 0) is 43.4 Å². The molecule has 0 bridgehead atoms. The van der Waals surface area contributed by atoms with Crippen molar-refractivity contribution in [3.8, 4) is 0 Å². The molecule has 1 N–H and O–H groups in total. The fraction of sp³-hybridized carbons (Fsp3) is 0.458. The average Bonchev–Trinajstić information content (AvgIpc) is 2.69. The molecule has 1 fully saturated rings. The third-order valence-electron chi connectivity index (χ3n) is 5.21. The van der Waals surface area contributed by atoms with E-state index in [0.29, 0.717) is 26.2 Å². The van der Waals surface area contributed by atoms with Crippen molar-refractivity contribution in [1.82, 2.24) is 0 Å². The Kier molecular flexibility index (Phi) is 7.42. The van der Waals surface area contributed by atoms with Crippen LogP contribution in [0.2, 0.25) is 0 Å². The van der Waals surface area contributed by atoms with Crippen LogP contribution in [0.4, 0.5) is 0 Å². The Bertz CT molecular complexity index is 787. The number of hydrogen-bond donors (Lipinski definition) is 1. The van der Waals surface area contributed by atoms with Crippen LogP contribution >= 0.6 is 0 Å². The maximum absolute atomic E-state index is 11.0. The van der Waals surface area contributed by atoms with Gasteiger partial charge >= 0.3 is 5.97 Å². The van der Waals surface area contributed by atoms with Gasteiger partial charge in [0.15, 0.2) is 5.79 Å². The molecule has 1 saturated heterocycles. The van der Waals surface area contributed by atoms with Gasteiger partial charge in [-0.25, -0.2) is 0 Å². The van der Waals surface area contributed by atoms with Crippen LogP contribution in [0.25, 0.3) is 0 Å². The molecule has 2 unspecified atom stereocenters. The average molecular weight is 398 g/mol. The normalized spacial score (nSPS) is 21.0. The molecule has 2 atom stereocenters. The minimum atomic E-state index is -0.780. The maximum atomic E-state index is 11.0. The van der Waals surface area contributed by atoms with Crippen LogP contribution in [0.3, 0.4) is 0 Å². The molecule has 0 radical (unpaired) electrons. The largest absolute Gasteiger partial charge is 0.481 e. The molecule has 0 spiro atoms. The minimum absolute atomic E-state index is 0.0880. The molecule has 0 saturated carbocycles. The van der Waals surface area contributed by atoms with Gasteiger partial charge < -0.3 is 19.3 Å². The first-order valence-electron chi connectivity index (χ1n) is 10.1. The highest BCUT2D eigenvalue weighted by molar-refractivity contribution is 5.67. The molecular weight excluding hydrogens is 368 g/mol. The van der Waals surface area contributed by atoms with E-state index in [1.165, 1.54) is 0 Å². The summed E-state index contributed by atoms with van der Waals surface area (Å²) >= 11 is 0. The summed E-state index contributed by atoms with van der Waals surface area (Å²) in [5.41, 5.74) is 3.36. The summed E-state index contributed by atoms with van der Waals surface area (Å²) < 4.78 is 18.1. The zero-order valence-corrected chi connectivity index (χ0v) is 17.2. The quantitative estimate of drug-likeness (QED) is 0.685. The first-order chi connectivity index (χ1) is 13.9. The molecule has 29 heavy (non-hydrogen) atoms. The van der Waals surface area contributed by atoms with Gasteiger partial charge in [0.2, 0.25) is 0 Å². The molecular formula is C24H30O5. The molecule has 156 valence electrons. The Labute approximate surface area is 172 Å². The van der Waals surface area contributed by atoms with Crippen LogP contribution < -0.4 is 0 Å². The minimum Gasteiger partial charge on any atom is -0.481 e. The molecule has 5 nitrogen and oxygen atoms in total. The van der Waals surface area contributed by atoms with Gasteiger partial charge in [-0.3, -0.25) is 4.79 Å². The maximum Gasteiger partial charge on any atom is 0.303 e. The molecule has 0 amide bonds. The smallest absolute Gasteiger partial charge is 0.303 e. The lowest BCUT2D eigenvalue weighted by Crippen LogP contribution is -2.48. The molecule has 1 aliphatic rings. The lowest BCUT2D eigenvalue weighted by Gasteiger charge is -2.41. The van der Waals surface area contributed by atoms with Crippen LogP contribution in [-0.2, 0) is 38.5 Å². The number of rotatable bonds is 9. The number of hydrogen-bond acceptors (Lipinski definition) is 4. The number of aryl methyl sites for hydroxylation is 1. The number of carboxylic acid groups (broad SMARTS) is 1. The Hall–Kier alpha value is -2.21. The first kappa shape index (κ1) is 21.5. The summed E-state index contributed by atoms with van der Waals surface area (Å²) in [6.07, 6.45) is 1.34. The van der Waals surface area contributed by atoms with E-state index in [4.69, 9.17) is 19.3 Å². The number of carbonyl (C=O) groups is 1. The Balaban J connectivity index is 1.65. The second-order valence-electron chi connectivity index (χ2n) is 7.99. The van der Waals surface area contributed by atoms with Gasteiger partial charge in [-0.2, -0.15) is 0 Å². The summed E-state index contributed by atoms with van der Waals surface area (Å²) in [6.45, 7) is 5.47. The van der Waals surface area contributed by atoms with E-state index in [0.717, 1.165) is 23.1 Å². The predicted molar refractivity (Wildman–Crippen MR) is 111 cm³/mol. The molecule has 0 aromatic heterocycles. The van der Waals surface area contributed by atoms with Crippen molar-refractivity contribution in [3.63, 3.8) is 0 Å². The zero-order chi connectivity index (χ0) is 20.7. The third-order valence-corrected chi connectivity index (χ3v) is 5.21. The van der Waals surface area contributed by atoms with Crippen molar-refractivity contribution in [1.29, 1.82) is 0 Å². The topological polar surface area (TPSA) is 65.0 Å². The number of aliphatic carboxylic acids is 1. The Morgan fingerprint density at radius 1 is 1.10 bits per heavy atom. The second kappa shape index (κ2) is 10.0. The summed E-state index contributed by atoms with van der Waals surface area (Å²) in [4.78, 5) is 11.0. The standard InChI is InChI=1S/C24H30O5/c1-24(2)28-16-21(14-20-11-7-6-10-19(20)12-13-23(25)26)22(29-24)17-27-15-18-8-4-3-5-9-18/h3-11,21-22H,12-17H2,1-2H3,(H,25,26). The van der Waals surface area contributed by atoms with Crippen LogP contribution in [0, 0.1) is 5.92 Å². The van der Waals surface area contributed by atoms with Crippen LogP contribution in [0.15, 0.2) is 54.6 Å². The summed E-state index contributed by atoms with van der Waals surface area (Å²) in [5, 5.41) is 9.02. The molecule has 1 aliphatic heterocycles. The number of carboxylic acids is 1. The zero-order valence-electron chi connectivity index (χ0n) is 17.2.